The monoisotopic (exact) mass is 199 g/mol. The normalized spacial score (nSPS) is 4.15. The molecule has 0 spiro atoms. The Morgan fingerprint density at radius 3 is 1.15 bits per heavy atom. The highest BCUT2D eigenvalue weighted by molar-refractivity contribution is 5.97. The molecule has 0 aromatic carbocycles. The molecule has 0 fully saturated rings. The Hall–Kier alpha value is -1.68. The van der Waals surface area contributed by atoms with Crippen molar-refractivity contribution >= 4 is 28.7 Å². The fourth-order valence-corrected chi connectivity index (χ4v) is 0. The quantitative estimate of drug-likeness (QED) is 0.328. The summed E-state index contributed by atoms with van der Waals surface area (Å²) in [6.45, 7) is 2.64. The van der Waals surface area contributed by atoms with Crippen LogP contribution in [-0.4, -0.2) is 35.3 Å². The predicted octanol–water partition coefficient (Wildman–Crippen LogP) is -0.219. The molecule has 13 heavy (non-hydrogen) atoms. The number of carbonyl (C=O) groups excluding carboxylic acids is 3. The minimum atomic E-state index is 0.500. The summed E-state index contributed by atoms with van der Waals surface area (Å²) in [5.74, 6) is 0. The topological polar surface area (TPSA) is 127 Å². The number of rotatable bonds is 1. The van der Waals surface area contributed by atoms with Crippen LogP contribution in [0, 0.1) is 0 Å². The highest BCUT2D eigenvalue weighted by Crippen LogP contribution is 1.50. The molecule has 7 nitrogen and oxygen atoms in total. The third-order valence-electron chi connectivity index (χ3n) is 0.144. The van der Waals surface area contributed by atoms with Crippen LogP contribution in [0.4, 0.5) is 0 Å². The van der Waals surface area contributed by atoms with Gasteiger partial charge < -0.3 is 20.7 Å². The third-order valence-corrected chi connectivity index (χ3v) is 0.433. The second-order valence-corrected chi connectivity index (χ2v) is 0.996. The molecular formula is C5H5N3O4Si-3. The van der Waals surface area contributed by atoms with E-state index in [4.69, 9.17) is 30.6 Å². The van der Waals surface area contributed by atoms with E-state index >= 15 is 0 Å². The van der Waals surface area contributed by atoms with Crippen LogP contribution in [-0.2, 0) is 18.8 Å². The predicted molar refractivity (Wildman–Crippen MR) is 44.5 cm³/mol. The molecule has 0 aliphatic carbocycles. The molecule has 0 saturated carbocycles. The summed E-state index contributed by atoms with van der Waals surface area (Å²) in [5.41, 5.74) is 0. The standard InChI is InChI=1S/C2H5OSi.3CNO/c1-2-3-4;3*2-1-3/h2H2,1H3;;;/q;3*-1. The van der Waals surface area contributed by atoms with Crippen LogP contribution in [0.3, 0.4) is 0 Å². The fourth-order valence-electron chi connectivity index (χ4n) is 0. The number of hydrogen-bond acceptors (Lipinski definition) is 4. The first kappa shape index (κ1) is 22.5. The van der Waals surface area contributed by atoms with Crippen molar-refractivity contribution in [1.29, 1.82) is 0 Å². The van der Waals surface area contributed by atoms with Crippen molar-refractivity contribution in [2.24, 2.45) is 0 Å². The zero-order valence-corrected chi connectivity index (χ0v) is 7.68. The van der Waals surface area contributed by atoms with Crippen LogP contribution >= 0.6 is 0 Å². The van der Waals surface area contributed by atoms with Gasteiger partial charge in [0, 0.05) is 6.61 Å². The summed E-state index contributed by atoms with van der Waals surface area (Å²) in [6.07, 6.45) is 1.50. The zero-order chi connectivity index (χ0) is 11.5. The van der Waals surface area contributed by atoms with Crippen molar-refractivity contribution in [2.75, 3.05) is 6.61 Å². The average molecular weight is 199 g/mol. The van der Waals surface area contributed by atoms with Crippen molar-refractivity contribution < 1.29 is 18.8 Å². The lowest BCUT2D eigenvalue weighted by molar-refractivity contribution is 0.375. The molecule has 0 heterocycles. The molecule has 71 valence electrons. The Balaban J connectivity index is -0.0000000420. The number of hydrogen-bond donors (Lipinski definition) is 0. The summed E-state index contributed by atoms with van der Waals surface area (Å²) in [5, 5.41) is 20.3. The van der Waals surface area contributed by atoms with E-state index in [0.717, 1.165) is 6.61 Å². The molecule has 0 saturated heterocycles. The SMILES string of the molecule is CCO[Si].[N-]=C=O.[N-]=C=O.[N-]=C=O. The number of isocyanates is 3. The highest BCUT2D eigenvalue weighted by Gasteiger charge is 1.53. The first-order chi connectivity index (χ1) is 6.16. The summed E-state index contributed by atoms with van der Waals surface area (Å²) >= 11 is 0. The van der Waals surface area contributed by atoms with Crippen molar-refractivity contribution in [1.82, 2.24) is 0 Å². The maximum atomic E-state index is 8.24. The Morgan fingerprint density at radius 2 is 1.15 bits per heavy atom. The first-order valence-electron chi connectivity index (χ1n) is 2.48. The van der Waals surface area contributed by atoms with Crippen LogP contribution in [0.2, 0.25) is 0 Å². The molecule has 0 N–H and O–H groups in total. The fraction of sp³-hybridized carbons (Fsp3) is 0.400. The van der Waals surface area contributed by atoms with Gasteiger partial charge in [0.15, 0.2) is 0 Å². The largest absolute Gasteiger partial charge is 0.724 e. The molecule has 0 aliphatic rings. The van der Waals surface area contributed by atoms with Gasteiger partial charge >= 0.3 is 0 Å². The Kier molecular flexibility index (Phi) is 141. The van der Waals surface area contributed by atoms with E-state index < -0.39 is 0 Å². The molecule has 3 radical (unpaired) electrons. The molecule has 0 amide bonds. The molecule has 0 rings (SSSR count). The summed E-state index contributed by atoms with van der Waals surface area (Å²) in [6, 6.07) is 0. The van der Waals surface area contributed by atoms with E-state index in [1.165, 1.54) is 0 Å². The van der Waals surface area contributed by atoms with Gasteiger partial charge in [0.1, 0.15) is 0 Å². The van der Waals surface area contributed by atoms with E-state index in [1.54, 1.807) is 0 Å². The Labute approximate surface area is 78.2 Å². The van der Waals surface area contributed by atoms with Crippen LogP contribution in [0.25, 0.3) is 16.2 Å². The second kappa shape index (κ2) is 81.4. The minimum Gasteiger partial charge on any atom is -0.724 e. The van der Waals surface area contributed by atoms with Gasteiger partial charge in [-0.25, -0.2) is 0 Å². The van der Waals surface area contributed by atoms with E-state index in [1.807, 2.05) is 6.92 Å². The van der Waals surface area contributed by atoms with Gasteiger partial charge in [-0.1, -0.05) is 0 Å². The molecule has 0 bridgehead atoms. The molecule has 0 aromatic rings. The van der Waals surface area contributed by atoms with Gasteiger partial charge in [-0.15, -0.1) is 0 Å². The van der Waals surface area contributed by atoms with Crippen LogP contribution in [0.1, 0.15) is 6.92 Å². The molecule has 0 aromatic heterocycles. The van der Waals surface area contributed by atoms with E-state index in [0.29, 0.717) is 18.2 Å². The van der Waals surface area contributed by atoms with Gasteiger partial charge in [-0.05, 0) is 25.2 Å². The van der Waals surface area contributed by atoms with Crippen LogP contribution in [0.15, 0.2) is 0 Å². The lowest BCUT2D eigenvalue weighted by atomic mass is 10.9. The van der Waals surface area contributed by atoms with Gasteiger partial charge in [0.05, 0.1) is 0 Å². The van der Waals surface area contributed by atoms with Crippen molar-refractivity contribution in [3.63, 3.8) is 0 Å². The molecule has 0 aliphatic heterocycles. The summed E-state index contributed by atoms with van der Waals surface area (Å²) in [4.78, 5) is 24.7. The smallest absolute Gasteiger partial charge is 0.246 e. The van der Waals surface area contributed by atoms with Gasteiger partial charge in [-0.3, -0.25) is 14.4 Å². The third kappa shape index (κ3) is 1530. The zero-order valence-electron chi connectivity index (χ0n) is 6.68. The second-order valence-electron chi connectivity index (χ2n) is 0.707. The maximum absolute atomic E-state index is 8.24. The molecule has 0 atom stereocenters. The van der Waals surface area contributed by atoms with Crippen molar-refractivity contribution in [3.05, 3.63) is 16.2 Å². The molecule has 0 unspecified atom stereocenters. The highest BCUT2D eigenvalue weighted by atomic mass is 28.2. The Bertz CT molecular complexity index is 136. The minimum absolute atomic E-state index is 0.500. The van der Waals surface area contributed by atoms with Crippen LogP contribution < -0.4 is 0 Å². The van der Waals surface area contributed by atoms with Gasteiger partial charge in [0.25, 0.3) is 0 Å². The molecule has 8 heteroatoms. The van der Waals surface area contributed by atoms with Crippen molar-refractivity contribution in [2.45, 2.75) is 6.92 Å². The summed E-state index contributed by atoms with van der Waals surface area (Å²) < 4.78 is 4.35. The Morgan fingerprint density at radius 1 is 1.08 bits per heavy atom. The van der Waals surface area contributed by atoms with E-state index in [9.17, 15) is 0 Å². The molecular weight excluding hydrogens is 194 g/mol. The van der Waals surface area contributed by atoms with E-state index in [2.05, 4.69) is 14.9 Å². The number of nitrogens with zero attached hydrogens (tertiary/aromatic N) is 3. The van der Waals surface area contributed by atoms with Crippen LogP contribution in [0.5, 0.6) is 0 Å². The van der Waals surface area contributed by atoms with Gasteiger partial charge in [-0.2, -0.15) is 0 Å². The van der Waals surface area contributed by atoms with E-state index in [-0.39, 0.29) is 0 Å². The maximum Gasteiger partial charge on any atom is 0.246 e. The first-order valence-corrected chi connectivity index (χ1v) is 2.89. The van der Waals surface area contributed by atoms with Gasteiger partial charge in [0.2, 0.25) is 10.5 Å². The van der Waals surface area contributed by atoms with Crippen molar-refractivity contribution in [3.8, 4) is 0 Å². The lowest BCUT2D eigenvalue weighted by Gasteiger charge is -1.75. The lowest BCUT2D eigenvalue weighted by Crippen LogP contribution is -1.76. The summed E-state index contributed by atoms with van der Waals surface area (Å²) in [7, 11) is 2.79. The average Bonchev–Trinajstić information content (AvgIpc) is 2.08.